The zero-order valence-electron chi connectivity index (χ0n) is 19.4. The highest BCUT2D eigenvalue weighted by Crippen LogP contribution is 2.29. The lowest BCUT2D eigenvalue weighted by atomic mass is 10.0. The molecule has 0 spiro atoms. The van der Waals surface area contributed by atoms with Gasteiger partial charge in [-0.1, -0.05) is 71.7 Å². The maximum absolute atomic E-state index is 13.1. The highest BCUT2D eigenvalue weighted by molar-refractivity contribution is 7.80. The van der Waals surface area contributed by atoms with Gasteiger partial charge in [-0.15, -0.1) is 0 Å². The molecule has 0 radical (unpaired) electrons. The summed E-state index contributed by atoms with van der Waals surface area (Å²) in [6.45, 7) is 2.74. The van der Waals surface area contributed by atoms with Crippen molar-refractivity contribution in [2.24, 2.45) is 4.99 Å². The minimum atomic E-state index is -0.940. The van der Waals surface area contributed by atoms with Gasteiger partial charge in [0.25, 0.3) is 5.91 Å². The van der Waals surface area contributed by atoms with E-state index in [2.05, 4.69) is 45.1 Å². The number of rotatable bonds is 5. The summed E-state index contributed by atoms with van der Waals surface area (Å²) in [4.78, 5) is 20.3. The maximum Gasteiger partial charge on any atom is 0.269 e. The summed E-state index contributed by atoms with van der Waals surface area (Å²) in [5.74, 6) is -0.318. The van der Waals surface area contributed by atoms with Crippen LogP contribution in [0.5, 0.6) is 0 Å². The number of thiocarbonyl (C=S) groups is 1. The predicted octanol–water partition coefficient (Wildman–Crippen LogP) is 4.85. The summed E-state index contributed by atoms with van der Waals surface area (Å²) < 4.78 is 0. The first-order valence-corrected chi connectivity index (χ1v) is 12.9. The van der Waals surface area contributed by atoms with E-state index >= 15 is 0 Å². The second-order valence-corrected chi connectivity index (χ2v) is 10.1. The molecule has 1 saturated heterocycles. The zero-order chi connectivity index (χ0) is 25.1. The molecule has 184 valence electrons. The lowest BCUT2D eigenvalue weighted by molar-refractivity contribution is -0.117. The minimum absolute atomic E-state index is 0.186. The van der Waals surface area contributed by atoms with Gasteiger partial charge < -0.3 is 16.0 Å². The first-order chi connectivity index (χ1) is 17.5. The number of carbonyl (C=O) groups excluding carboxylic acids is 1. The number of halogens is 2. The van der Waals surface area contributed by atoms with Crippen molar-refractivity contribution < 1.29 is 4.79 Å². The average molecular weight is 539 g/mol. The number of fused-ring (bicyclic) bond motifs is 1. The molecule has 2 aliphatic heterocycles. The standard InChI is InChI=1S/C27H25Cl2N5OS/c28-18-10-11-23-21(14-18)24(20-8-4-5-9-22(20)29)32-25(26(35)31-23)33-27(36)30-19-12-13-34(16-19)15-17-6-2-1-3-7-17/h1-11,14,19,25H,12-13,15-16H2,(H,31,35)(H2,30,33,36). The molecule has 36 heavy (non-hydrogen) atoms. The van der Waals surface area contributed by atoms with Crippen LogP contribution < -0.4 is 16.0 Å². The van der Waals surface area contributed by atoms with E-state index in [0.717, 1.165) is 26.1 Å². The quantitative estimate of drug-likeness (QED) is 0.406. The van der Waals surface area contributed by atoms with Gasteiger partial charge in [0.15, 0.2) is 5.11 Å². The third-order valence-corrected chi connectivity index (χ3v) is 7.05. The SMILES string of the molecule is O=C1Nc2ccc(Cl)cc2C(c2ccccc2Cl)=NC1NC(=S)NC1CCN(Cc2ccccc2)C1. The topological polar surface area (TPSA) is 68.8 Å². The van der Waals surface area contributed by atoms with Crippen LogP contribution in [0.25, 0.3) is 0 Å². The van der Waals surface area contributed by atoms with Crippen molar-refractivity contribution in [3.8, 4) is 0 Å². The average Bonchev–Trinajstić information content (AvgIpc) is 3.25. The summed E-state index contributed by atoms with van der Waals surface area (Å²) in [7, 11) is 0. The monoisotopic (exact) mass is 537 g/mol. The summed E-state index contributed by atoms with van der Waals surface area (Å²) in [6.07, 6.45) is 0.0214. The second-order valence-electron chi connectivity index (χ2n) is 8.86. The van der Waals surface area contributed by atoms with E-state index in [4.69, 9.17) is 40.4 Å². The molecule has 0 bridgehead atoms. The van der Waals surface area contributed by atoms with E-state index in [-0.39, 0.29) is 11.9 Å². The van der Waals surface area contributed by atoms with E-state index in [0.29, 0.717) is 37.7 Å². The number of nitrogens with one attached hydrogen (secondary N) is 3. The van der Waals surface area contributed by atoms with E-state index in [1.54, 1.807) is 24.3 Å². The van der Waals surface area contributed by atoms with Crippen LogP contribution in [0.15, 0.2) is 77.8 Å². The van der Waals surface area contributed by atoms with Crippen LogP contribution in [0.4, 0.5) is 5.69 Å². The number of hydrogen-bond donors (Lipinski definition) is 3. The van der Waals surface area contributed by atoms with Gasteiger partial charge in [-0.2, -0.15) is 0 Å². The summed E-state index contributed by atoms with van der Waals surface area (Å²) in [5, 5.41) is 10.8. The van der Waals surface area contributed by atoms with Crippen LogP contribution in [0.3, 0.4) is 0 Å². The van der Waals surface area contributed by atoms with Gasteiger partial charge in [-0.05, 0) is 48.5 Å². The second kappa shape index (κ2) is 11.0. The first-order valence-electron chi connectivity index (χ1n) is 11.7. The molecule has 6 nitrogen and oxygen atoms in total. The smallest absolute Gasteiger partial charge is 0.269 e. The van der Waals surface area contributed by atoms with Crippen molar-refractivity contribution in [3.63, 3.8) is 0 Å². The third kappa shape index (κ3) is 5.71. The van der Waals surface area contributed by atoms with Gasteiger partial charge in [0, 0.05) is 46.8 Å². The van der Waals surface area contributed by atoms with Crippen LogP contribution in [0, 0.1) is 0 Å². The Labute approximate surface area is 225 Å². The highest BCUT2D eigenvalue weighted by atomic mass is 35.5. The molecule has 3 aromatic carbocycles. The molecule has 9 heteroatoms. The molecule has 3 N–H and O–H groups in total. The van der Waals surface area contributed by atoms with Gasteiger partial charge in [-0.25, -0.2) is 4.99 Å². The Morgan fingerprint density at radius 2 is 1.81 bits per heavy atom. The van der Waals surface area contributed by atoms with Crippen molar-refractivity contribution in [2.45, 2.75) is 25.2 Å². The van der Waals surface area contributed by atoms with Crippen LogP contribution in [-0.2, 0) is 11.3 Å². The summed E-state index contributed by atoms with van der Waals surface area (Å²) in [6, 6.07) is 23.3. The van der Waals surface area contributed by atoms with Crippen molar-refractivity contribution in [2.75, 3.05) is 18.4 Å². The van der Waals surface area contributed by atoms with Crippen LogP contribution in [0.1, 0.15) is 23.1 Å². The Morgan fingerprint density at radius 1 is 1.03 bits per heavy atom. The number of likely N-dealkylation sites (tertiary alicyclic amines) is 1. The molecule has 0 saturated carbocycles. The Kier molecular flexibility index (Phi) is 7.53. The largest absolute Gasteiger partial charge is 0.359 e. The number of benzodiazepines with no additional fused rings is 1. The number of nitrogens with zero attached hydrogens (tertiary/aromatic N) is 2. The Bertz CT molecular complexity index is 1320. The van der Waals surface area contributed by atoms with E-state index in [1.165, 1.54) is 5.56 Å². The molecule has 2 heterocycles. The summed E-state index contributed by atoms with van der Waals surface area (Å²) >= 11 is 18.4. The lowest BCUT2D eigenvalue weighted by Gasteiger charge is -2.20. The first kappa shape index (κ1) is 24.7. The van der Waals surface area contributed by atoms with Gasteiger partial charge in [0.2, 0.25) is 6.17 Å². The van der Waals surface area contributed by atoms with Crippen LogP contribution >= 0.6 is 35.4 Å². The van der Waals surface area contributed by atoms with Gasteiger partial charge in [0.1, 0.15) is 0 Å². The highest BCUT2D eigenvalue weighted by Gasteiger charge is 2.29. The number of anilines is 1. The molecule has 0 aromatic heterocycles. The molecular weight excluding hydrogens is 513 g/mol. The lowest BCUT2D eigenvalue weighted by Crippen LogP contribution is -2.50. The normalized spacial score (nSPS) is 19.6. The van der Waals surface area contributed by atoms with Crippen molar-refractivity contribution >= 4 is 57.8 Å². The van der Waals surface area contributed by atoms with E-state index in [1.807, 2.05) is 24.3 Å². The van der Waals surface area contributed by atoms with E-state index < -0.39 is 6.17 Å². The van der Waals surface area contributed by atoms with Crippen molar-refractivity contribution in [1.82, 2.24) is 15.5 Å². The molecule has 3 aromatic rings. The zero-order valence-corrected chi connectivity index (χ0v) is 21.7. The van der Waals surface area contributed by atoms with Crippen LogP contribution in [0.2, 0.25) is 10.0 Å². The van der Waals surface area contributed by atoms with Gasteiger partial charge in [0.05, 0.1) is 11.4 Å². The molecule has 1 amide bonds. The number of amides is 1. The van der Waals surface area contributed by atoms with Crippen molar-refractivity contribution in [3.05, 3.63) is 99.5 Å². The van der Waals surface area contributed by atoms with Crippen molar-refractivity contribution in [1.29, 1.82) is 0 Å². The summed E-state index contributed by atoms with van der Waals surface area (Å²) in [5.41, 5.74) is 3.86. The minimum Gasteiger partial charge on any atom is -0.359 e. The van der Waals surface area contributed by atoms with Gasteiger partial charge in [-0.3, -0.25) is 9.69 Å². The fourth-order valence-corrected chi connectivity index (χ4v) is 5.21. The Balaban J connectivity index is 1.31. The van der Waals surface area contributed by atoms with Gasteiger partial charge >= 0.3 is 0 Å². The Morgan fingerprint density at radius 3 is 2.61 bits per heavy atom. The molecule has 2 atom stereocenters. The molecule has 2 unspecified atom stereocenters. The third-order valence-electron chi connectivity index (χ3n) is 6.25. The molecular formula is C27H25Cl2N5OS. The number of carbonyl (C=O) groups is 1. The van der Waals surface area contributed by atoms with Crippen LogP contribution in [-0.4, -0.2) is 46.9 Å². The fourth-order valence-electron chi connectivity index (χ4n) is 4.53. The Hall–Kier alpha value is -2.97. The van der Waals surface area contributed by atoms with E-state index in [9.17, 15) is 4.79 Å². The molecule has 5 rings (SSSR count). The maximum atomic E-state index is 13.1. The predicted molar refractivity (Wildman–Crippen MR) is 150 cm³/mol. The number of aliphatic imine (C=N–C) groups is 1. The number of benzene rings is 3. The fraction of sp³-hybridized carbons (Fsp3) is 0.222. The molecule has 2 aliphatic rings. The molecule has 0 aliphatic carbocycles. The number of hydrogen-bond acceptors (Lipinski definition) is 4. The molecule has 1 fully saturated rings.